The van der Waals surface area contributed by atoms with Crippen LogP contribution < -0.4 is 10.1 Å². The molecule has 1 amide bonds. The van der Waals surface area contributed by atoms with Gasteiger partial charge in [-0.1, -0.05) is 24.3 Å². The number of hydrogen-bond donors (Lipinski definition) is 1. The number of hydrogen-bond acceptors (Lipinski definition) is 4. The van der Waals surface area contributed by atoms with E-state index in [-0.39, 0.29) is 29.6 Å². The highest BCUT2D eigenvalue weighted by atomic mass is 19.4. The molecule has 2 aliphatic heterocycles. The quantitative estimate of drug-likeness (QED) is 0.827. The van der Waals surface area contributed by atoms with Gasteiger partial charge in [0.05, 0.1) is 17.6 Å². The predicted molar refractivity (Wildman–Crippen MR) is 103 cm³/mol. The fourth-order valence-electron chi connectivity index (χ4n) is 3.85. The Morgan fingerprint density at radius 2 is 1.80 bits per heavy atom. The maximum absolute atomic E-state index is 13.0. The summed E-state index contributed by atoms with van der Waals surface area (Å²) in [5, 5.41) is 3.23. The van der Waals surface area contributed by atoms with Crippen molar-refractivity contribution in [3.63, 3.8) is 0 Å². The van der Waals surface area contributed by atoms with Gasteiger partial charge in [-0.3, -0.25) is 9.59 Å². The number of nitrogens with zero attached hydrogens (tertiary/aromatic N) is 1. The Morgan fingerprint density at radius 1 is 1.10 bits per heavy atom. The third-order valence-electron chi connectivity index (χ3n) is 5.60. The molecule has 2 aromatic rings. The lowest BCUT2D eigenvalue weighted by atomic mass is 9.81. The van der Waals surface area contributed by atoms with Crippen molar-refractivity contribution in [1.82, 2.24) is 10.2 Å². The molecule has 4 rings (SSSR count). The third-order valence-corrected chi connectivity index (χ3v) is 5.60. The molecule has 0 saturated carbocycles. The SMILES string of the molecule is O=C1CCC2(CN(C(=O)c3ccc(COc4ccccc4C(F)(F)F)cc3)C2)NC1. The molecular weight excluding hydrogens is 397 g/mol. The van der Waals surface area contributed by atoms with Gasteiger partial charge in [0.2, 0.25) is 0 Å². The summed E-state index contributed by atoms with van der Waals surface area (Å²) in [6.07, 6.45) is -3.20. The highest BCUT2D eigenvalue weighted by molar-refractivity contribution is 5.95. The fourth-order valence-corrected chi connectivity index (χ4v) is 3.85. The summed E-state index contributed by atoms with van der Waals surface area (Å²) in [5.41, 5.74) is 0.206. The van der Waals surface area contributed by atoms with Crippen LogP contribution in [0.5, 0.6) is 5.75 Å². The summed E-state index contributed by atoms with van der Waals surface area (Å²) in [6, 6.07) is 11.7. The van der Waals surface area contributed by atoms with Crippen LogP contribution in [0.25, 0.3) is 0 Å². The van der Waals surface area contributed by atoms with Crippen molar-refractivity contribution in [3.05, 3.63) is 65.2 Å². The van der Waals surface area contributed by atoms with Gasteiger partial charge in [0.15, 0.2) is 0 Å². The number of carbonyl (C=O) groups is 2. The zero-order valence-corrected chi connectivity index (χ0v) is 16.2. The van der Waals surface area contributed by atoms with Gasteiger partial charge in [-0.15, -0.1) is 0 Å². The molecule has 0 radical (unpaired) electrons. The van der Waals surface area contributed by atoms with Crippen LogP contribution >= 0.6 is 0 Å². The van der Waals surface area contributed by atoms with Crippen LogP contribution in [-0.2, 0) is 17.6 Å². The van der Waals surface area contributed by atoms with Gasteiger partial charge < -0.3 is 15.0 Å². The zero-order chi connectivity index (χ0) is 21.4. The van der Waals surface area contributed by atoms with E-state index in [1.54, 1.807) is 29.2 Å². The van der Waals surface area contributed by atoms with Crippen molar-refractivity contribution in [2.45, 2.75) is 31.2 Å². The molecule has 1 spiro atoms. The number of para-hydroxylation sites is 1. The number of carbonyl (C=O) groups excluding carboxylic acids is 2. The second-order valence-electron chi connectivity index (χ2n) is 7.81. The molecule has 5 nitrogen and oxygen atoms in total. The average Bonchev–Trinajstić information content (AvgIpc) is 2.71. The summed E-state index contributed by atoms with van der Waals surface area (Å²) in [4.78, 5) is 25.7. The molecule has 0 aliphatic carbocycles. The van der Waals surface area contributed by atoms with Crippen molar-refractivity contribution in [2.24, 2.45) is 0 Å². The number of halogens is 3. The van der Waals surface area contributed by atoms with E-state index in [4.69, 9.17) is 4.74 Å². The molecule has 30 heavy (non-hydrogen) atoms. The van der Waals surface area contributed by atoms with Crippen molar-refractivity contribution in [2.75, 3.05) is 19.6 Å². The minimum absolute atomic E-state index is 0.0354. The van der Waals surface area contributed by atoms with E-state index >= 15 is 0 Å². The van der Waals surface area contributed by atoms with E-state index in [0.717, 1.165) is 12.5 Å². The van der Waals surface area contributed by atoms with Crippen molar-refractivity contribution < 1.29 is 27.5 Å². The molecule has 0 aromatic heterocycles. The fraction of sp³-hybridized carbons (Fsp3) is 0.364. The van der Waals surface area contributed by atoms with E-state index in [0.29, 0.717) is 37.2 Å². The maximum atomic E-state index is 13.0. The van der Waals surface area contributed by atoms with Crippen LogP contribution in [0.4, 0.5) is 13.2 Å². The number of nitrogens with one attached hydrogen (secondary N) is 1. The second kappa shape index (κ2) is 7.75. The van der Waals surface area contributed by atoms with Crippen LogP contribution in [0.15, 0.2) is 48.5 Å². The molecule has 8 heteroatoms. The lowest BCUT2D eigenvalue weighted by Crippen LogP contribution is -2.72. The molecule has 158 valence electrons. The minimum atomic E-state index is -4.48. The number of ketones is 1. The standard InChI is InChI=1S/C22H21F3N2O3/c23-22(24,25)18-3-1-2-4-19(18)30-12-15-5-7-16(8-6-15)20(29)27-13-21(14-27)10-9-17(28)11-26-21/h1-8,26H,9-14H2. The molecular formula is C22H21F3N2O3. The summed E-state index contributed by atoms with van der Waals surface area (Å²) in [6.45, 7) is 1.46. The van der Waals surface area contributed by atoms with Crippen LogP contribution in [0.3, 0.4) is 0 Å². The molecule has 1 N–H and O–H groups in total. The Kier molecular flexibility index (Phi) is 5.27. The normalized spacial score (nSPS) is 18.2. The Hall–Kier alpha value is -2.87. The summed E-state index contributed by atoms with van der Waals surface area (Å²) in [7, 11) is 0. The van der Waals surface area contributed by atoms with E-state index in [2.05, 4.69) is 5.32 Å². The molecule has 0 atom stereocenters. The number of benzene rings is 2. The summed E-state index contributed by atoms with van der Waals surface area (Å²) in [5.74, 6) is -0.134. The van der Waals surface area contributed by atoms with Gasteiger partial charge in [-0.2, -0.15) is 13.2 Å². The first-order chi connectivity index (χ1) is 14.3. The summed E-state index contributed by atoms with van der Waals surface area (Å²) >= 11 is 0. The Bertz CT molecular complexity index is 939. The smallest absolute Gasteiger partial charge is 0.419 e. The Labute approximate surface area is 171 Å². The van der Waals surface area contributed by atoms with Crippen molar-refractivity contribution in [3.8, 4) is 5.75 Å². The van der Waals surface area contributed by atoms with Crippen LogP contribution in [0, 0.1) is 0 Å². The van der Waals surface area contributed by atoms with E-state index in [1.165, 1.54) is 18.2 Å². The monoisotopic (exact) mass is 418 g/mol. The molecule has 2 aliphatic rings. The molecule has 2 saturated heterocycles. The van der Waals surface area contributed by atoms with Crippen molar-refractivity contribution >= 4 is 11.7 Å². The number of ether oxygens (including phenoxy) is 1. The average molecular weight is 418 g/mol. The molecule has 2 aromatic carbocycles. The Balaban J connectivity index is 1.34. The number of rotatable bonds is 4. The molecule has 2 heterocycles. The minimum Gasteiger partial charge on any atom is -0.488 e. The molecule has 0 bridgehead atoms. The molecule has 0 unspecified atom stereocenters. The maximum Gasteiger partial charge on any atom is 0.419 e. The van der Waals surface area contributed by atoms with Crippen molar-refractivity contribution in [1.29, 1.82) is 0 Å². The van der Waals surface area contributed by atoms with Gasteiger partial charge >= 0.3 is 6.18 Å². The first kappa shape index (κ1) is 20.4. The van der Waals surface area contributed by atoms with Gasteiger partial charge in [0.25, 0.3) is 5.91 Å². The summed E-state index contributed by atoms with van der Waals surface area (Å²) < 4.78 is 44.5. The van der Waals surface area contributed by atoms with E-state index in [1.807, 2.05) is 0 Å². The molecule has 2 fully saturated rings. The van der Waals surface area contributed by atoms with Crippen LogP contribution in [0.2, 0.25) is 0 Å². The van der Waals surface area contributed by atoms with E-state index in [9.17, 15) is 22.8 Å². The lowest BCUT2D eigenvalue weighted by Gasteiger charge is -2.52. The largest absolute Gasteiger partial charge is 0.488 e. The Morgan fingerprint density at radius 3 is 2.43 bits per heavy atom. The highest BCUT2D eigenvalue weighted by Gasteiger charge is 2.46. The lowest BCUT2D eigenvalue weighted by molar-refractivity contribution is -0.139. The first-order valence-electron chi connectivity index (χ1n) is 9.70. The number of Topliss-reactive ketones (excluding diaryl/α,β-unsaturated/α-hetero) is 1. The predicted octanol–water partition coefficient (Wildman–Crippen LogP) is 3.43. The van der Waals surface area contributed by atoms with Gasteiger partial charge in [0, 0.05) is 25.1 Å². The third kappa shape index (κ3) is 4.18. The zero-order valence-electron chi connectivity index (χ0n) is 16.2. The number of likely N-dealkylation sites (tertiary alicyclic amines) is 1. The van der Waals surface area contributed by atoms with E-state index < -0.39 is 11.7 Å². The van der Waals surface area contributed by atoms with Gasteiger partial charge in [-0.05, 0) is 36.2 Å². The number of piperidine rings is 1. The number of amides is 1. The highest BCUT2D eigenvalue weighted by Crippen LogP contribution is 2.36. The number of alkyl halides is 3. The van der Waals surface area contributed by atoms with Crippen LogP contribution in [0.1, 0.15) is 34.3 Å². The second-order valence-corrected chi connectivity index (χ2v) is 7.81. The first-order valence-corrected chi connectivity index (χ1v) is 9.70. The van der Waals surface area contributed by atoms with Gasteiger partial charge in [-0.25, -0.2) is 0 Å². The van der Waals surface area contributed by atoms with Crippen LogP contribution in [-0.4, -0.2) is 41.8 Å². The topological polar surface area (TPSA) is 58.6 Å². The van der Waals surface area contributed by atoms with Gasteiger partial charge in [0.1, 0.15) is 18.1 Å².